The van der Waals surface area contributed by atoms with Crippen molar-refractivity contribution in [2.75, 3.05) is 6.61 Å². The number of hydrogen-bond donors (Lipinski definition) is 0. The molecule has 0 aliphatic heterocycles. The molecule has 0 bridgehead atoms. The minimum Gasteiger partial charge on any atom is -0.490 e. The van der Waals surface area contributed by atoms with E-state index in [-0.39, 0.29) is 5.78 Å². The lowest BCUT2D eigenvalue weighted by Gasteiger charge is -2.06. The lowest BCUT2D eigenvalue weighted by Crippen LogP contribution is -1.97. The van der Waals surface area contributed by atoms with E-state index in [1.54, 1.807) is 6.07 Å². The van der Waals surface area contributed by atoms with E-state index in [1.807, 2.05) is 18.2 Å². The van der Waals surface area contributed by atoms with E-state index in [0.29, 0.717) is 18.0 Å². The summed E-state index contributed by atoms with van der Waals surface area (Å²) in [5.41, 5.74) is 0.672. The van der Waals surface area contributed by atoms with Crippen LogP contribution < -0.4 is 4.74 Å². The number of fused-ring (bicyclic) bond motifs is 1. The van der Waals surface area contributed by atoms with Gasteiger partial charge in [0.15, 0.2) is 22.9 Å². The summed E-state index contributed by atoms with van der Waals surface area (Å²) in [7, 11) is 0. The lowest BCUT2D eigenvalue weighted by molar-refractivity contribution is 0.0989. The van der Waals surface area contributed by atoms with E-state index in [2.05, 4.69) is 6.92 Å². The molecular formula is C17H22O3. The lowest BCUT2D eigenvalue weighted by atomic mass is 10.2. The Morgan fingerprint density at radius 2 is 2.00 bits per heavy atom. The maximum atomic E-state index is 11.4. The minimum absolute atomic E-state index is 0.0632. The zero-order valence-electron chi connectivity index (χ0n) is 12.3. The van der Waals surface area contributed by atoms with E-state index in [4.69, 9.17) is 9.15 Å². The fourth-order valence-electron chi connectivity index (χ4n) is 2.21. The van der Waals surface area contributed by atoms with Crippen LogP contribution >= 0.6 is 0 Å². The Labute approximate surface area is 119 Å². The van der Waals surface area contributed by atoms with Crippen molar-refractivity contribution in [3.8, 4) is 5.75 Å². The van der Waals surface area contributed by atoms with Crippen LogP contribution in [-0.2, 0) is 0 Å². The van der Waals surface area contributed by atoms with E-state index >= 15 is 0 Å². The van der Waals surface area contributed by atoms with E-state index in [1.165, 1.54) is 32.6 Å². The molecule has 1 aromatic heterocycles. The number of hydrogen-bond acceptors (Lipinski definition) is 3. The van der Waals surface area contributed by atoms with Crippen molar-refractivity contribution in [1.82, 2.24) is 0 Å². The second-order valence-electron chi connectivity index (χ2n) is 5.10. The molecule has 2 rings (SSSR count). The zero-order valence-corrected chi connectivity index (χ0v) is 12.3. The predicted octanol–water partition coefficient (Wildman–Crippen LogP) is 4.98. The monoisotopic (exact) mass is 274 g/mol. The first-order chi connectivity index (χ1) is 9.72. The van der Waals surface area contributed by atoms with Crippen LogP contribution in [0.3, 0.4) is 0 Å². The molecule has 0 saturated heterocycles. The first-order valence-electron chi connectivity index (χ1n) is 7.38. The molecule has 3 heteroatoms. The molecule has 0 amide bonds. The van der Waals surface area contributed by atoms with Gasteiger partial charge in [-0.2, -0.15) is 0 Å². The Balaban J connectivity index is 1.97. The van der Waals surface area contributed by atoms with Gasteiger partial charge in [0, 0.05) is 12.3 Å². The maximum absolute atomic E-state index is 11.4. The second-order valence-corrected chi connectivity index (χ2v) is 5.10. The van der Waals surface area contributed by atoms with Crippen molar-refractivity contribution in [2.45, 2.75) is 46.0 Å². The molecule has 0 saturated carbocycles. The summed E-state index contributed by atoms with van der Waals surface area (Å²) in [6.07, 6.45) is 6.05. The normalized spacial score (nSPS) is 10.9. The summed E-state index contributed by atoms with van der Waals surface area (Å²) in [4.78, 5) is 11.4. The summed E-state index contributed by atoms with van der Waals surface area (Å²) < 4.78 is 11.4. The van der Waals surface area contributed by atoms with Gasteiger partial charge in [0.05, 0.1) is 6.61 Å². The number of ketones is 1. The third-order valence-electron chi connectivity index (χ3n) is 3.36. The molecule has 0 radical (unpaired) electrons. The van der Waals surface area contributed by atoms with Gasteiger partial charge in [-0.3, -0.25) is 4.79 Å². The number of unbranched alkanes of at least 4 members (excludes halogenated alkanes) is 4. The van der Waals surface area contributed by atoms with Crippen LogP contribution in [0.5, 0.6) is 5.75 Å². The molecule has 0 N–H and O–H groups in total. The number of rotatable bonds is 8. The Hall–Kier alpha value is -1.77. The van der Waals surface area contributed by atoms with Crippen LogP contribution in [0, 0.1) is 0 Å². The second kappa shape index (κ2) is 7.13. The summed E-state index contributed by atoms with van der Waals surface area (Å²) in [6.45, 7) is 4.41. The van der Waals surface area contributed by atoms with Crippen molar-refractivity contribution in [3.05, 3.63) is 30.0 Å². The molecule has 1 heterocycles. The molecule has 0 aliphatic rings. The highest BCUT2D eigenvalue weighted by atomic mass is 16.5. The highest BCUT2D eigenvalue weighted by Gasteiger charge is 2.11. The van der Waals surface area contributed by atoms with Crippen LogP contribution in [-0.4, -0.2) is 12.4 Å². The van der Waals surface area contributed by atoms with E-state index in [0.717, 1.165) is 17.6 Å². The van der Waals surface area contributed by atoms with Gasteiger partial charge in [-0.15, -0.1) is 0 Å². The van der Waals surface area contributed by atoms with Crippen LogP contribution in [0.1, 0.15) is 56.5 Å². The zero-order chi connectivity index (χ0) is 14.4. The number of carbonyl (C=O) groups excluding carboxylic acids is 1. The molecule has 0 fully saturated rings. The average molecular weight is 274 g/mol. The Morgan fingerprint density at radius 3 is 2.75 bits per heavy atom. The molecule has 1 aromatic carbocycles. The van der Waals surface area contributed by atoms with Crippen LogP contribution in [0.2, 0.25) is 0 Å². The Kier molecular flexibility index (Phi) is 5.22. The molecule has 2 aromatic rings. The summed E-state index contributed by atoms with van der Waals surface area (Å²) in [5, 5.41) is 0.915. The summed E-state index contributed by atoms with van der Waals surface area (Å²) >= 11 is 0. The molecule has 0 atom stereocenters. The number of carbonyl (C=O) groups is 1. The molecule has 108 valence electrons. The highest BCUT2D eigenvalue weighted by Crippen LogP contribution is 2.29. The van der Waals surface area contributed by atoms with Crippen molar-refractivity contribution in [1.29, 1.82) is 0 Å². The fraction of sp³-hybridized carbons (Fsp3) is 0.471. The maximum Gasteiger partial charge on any atom is 0.194 e. The summed E-state index contributed by atoms with van der Waals surface area (Å²) in [5.74, 6) is 1.05. The van der Waals surface area contributed by atoms with Gasteiger partial charge in [-0.05, 0) is 18.6 Å². The van der Waals surface area contributed by atoms with Gasteiger partial charge in [0.2, 0.25) is 0 Å². The standard InChI is InChI=1S/C17H22O3/c1-3-4-5-6-7-11-19-15-10-8-9-14-12-16(13(2)18)20-17(14)15/h8-10,12H,3-7,11H2,1-2H3. The van der Waals surface area contributed by atoms with E-state index < -0.39 is 0 Å². The average Bonchev–Trinajstić information content (AvgIpc) is 2.87. The summed E-state index contributed by atoms with van der Waals surface area (Å²) in [6, 6.07) is 7.52. The van der Waals surface area contributed by atoms with Crippen molar-refractivity contribution in [3.63, 3.8) is 0 Å². The number of furan rings is 1. The molecule has 3 nitrogen and oxygen atoms in total. The Morgan fingerprint density at radius 1 is 1.20 bits per heavy atom. The SMILES string of the molecule is CCCCCCCOc1cccc2cc(C(C)=O)oc12. The minimum atomic E-state index is -0.0632. The topological polar surface area (TPSA) is 39.4 Å². The molecule has 0 unspecified atom stereocenters. The molecular weight excluding hydrogens is 252 g/mol. The third kappa shape index (κ3) is 3.62. The van der Waals surface area contributed by atoms with E-state index in [9.17, 15) is 4.79 Å². The fourth-order valence-corrected chi connectivity index (χ4v) is 2.21. The largest absolute Gasteiger partial charge is 0.490 e. The number of para-hydroxylation sites is 1. The highest BCUT2D eigenvalue weighted by molar-refractivity contribution is 5.97. The van der Waals surface area contributed by atoms with Crippen LogP contribution in [0.4, 0.5) is 0 Å². The van der Waals surface area contributed by atoms with Gasteiger partial charge < -0.3 is 9.15 Å². The predicted molar refractivity (Wildman–Crippen MR) is 80.5 cm³/mol. The molecule has 20 heavy (non-hydrogen) atoms. The first kappa shape index (κ1) is 14.6. The van der Waals surface area contributed by atoms with Crippen molar-refractivity contribution < 1.29 is 13.9 Å². The Bertz CT molecular complexity index is 569. The van der Waals surface area contributed by atoms with Crippen molar-refractivity contribution >= 4 is 16.8 Å². The van der Waals surface area contributed by atoms with Gasteiger partial charge in [-0.1, -0.05) is 44.7 Å². The van der Waals surface area contributed by atoms with Gasteiger partial charge in [-0.25, -0.2) is 0 Å². The number of benzene rings is 1. The van der Waals surface area contributed by atoms with Crippen LogP contribution in [0.15, 0.2) is 28.7 Å². The smallest absolute Gasteiger partial charge is 0.194 e. The number of ether oxygens (including phenoxy) is 1. The molecule has 0 spiro atoms. The number of Topliss-reactive ketones (excluding diaryl/α,β-unsaturated/α-hetero) is 1. The quantitative estimate of drug-likeness (QED) is 0.503. The van der Waals surface area contributed by atoms with Gasteiger partial charge >= 0.3 is 0 Å². The van der Waals surface area contributed by atoms with Gasteiger partial charge in [0.25, 0.3) is 0 Å². The van der Waals surface area contributed by atoms with Crippen molar-refractivity contribution in [2.24, 2.45) is 0 Å². The molecule has 0 aliphatic carbocycles. The van der Waals surface area contributed by atoms with Crippen LogP contribution in [0.25, 0.3) is 11.0 Å². The van der Waals surface area contributed by atoms with Gasteiger partial charge in [0.1, 0.15) is 0 Å². The third-order valence-corrected chi connectivity index (χ3v) is 3.36. The first-order valence-corrected chi connectivity index (χ1v) is 7.38.